The number of rotatable bonds is 6. The van der Waals surface area contributed by atoms with Crippen LogP contribution < -0.4 is 16.0 Å². The average molecular weight is 371 g/mol. The van der Waals surface area contributed by atoms with Gasteiger partial charge in [-0.25, -0.2) is 0 Å². The number of likely N-dealkylation sites (N-methyl/N-ethyl adjacent to an activating group) is 1. The number of para-hydroxylation sites is 1. The van der Waals surface area contributed by atoms with Gasteiger partial charge in [0.2, 0.25) is 5.91 Å². The van der Waals surface area contributed by atoms with Crippen LogP contribution in [0.15, 0.2) is 39.7 Å². The van der Waals surface area contributed by atoms with Crippen LogP contribution in [0.25, 0.3) is 11.0 Å². The average Bonchev–Trinajstić information content (AvgIpc) is 3.11. The molecule has 1 aromatic carbocycles. The summed E-state index contributed by atoms with van der Waals surface area (Å²) in [5.41, 5.74) is 0.929. The molecule has 0 aliphatic carbocycles. The number of guanidine groups is 1. The van der Waals surface area contributed by atoms with Gasteiger partial charge in [-0.15, -0.1) is 0 Å². The number of aliphatic imine (C=N–C) groups is 1. The summed E-state index contributed by atoms with van der Waals surface area (Å²) in [6.07, 6.45) is 2.81. The summed E-state index contributed by atoms with van der Waals surface area (Å²) in [6, 6.07) is 10.5. The monoisotopic (exact) mass is 371 g/mol. The number of furan rings is 1. The number of carbonyl (C=O) groups is 1. The Morgan fingerprint density at radius 1 is 1.30 bits per heavy atom. The summed E-state index contributed by atoms with van der Waals surface area (Å²) in [5.74, 6) is 1.86. The highest BCUT2D eigenvalue weighted by Gasteiger charge is 2.21. The summed E-state index contributed by atoms with van der Waals surface area (Å²) in [5, 5.41) is 10.7. The minimum Gasteiger partial charge on any atom is -0.461 e. The molecule has 1 amide bonds. The Morgan fingerprint density at radius 2 is 2.07 bits per heavy atom. The van der Waals surface area contributed by atoms with Crippen LogP contribution in [0.2, 0.25) is 0 Å². The Balaban J connectivity index is 1.40. The van der Waals surface area contributed by atoms with E-state index in [2.05, 4.69) is 38.0 Å². The molecule has 3 N–H and O–H groups in total. The predicted molar refractivity (Wildman–Crippen MR) is 108 cm³/mol. The molecule has 3 rings (SSSR count). The van der Waals surface area contributed by atoms with Crippen molar-refractivity contribution >= 4 is 22.8 Å². The lowest BCUT2D eigenvalue weighted by Crippen LogP contribution is -2.50. The summed E-state index contributed by atoms with van der Waals surface area (Å²) >= 11 is 0. The molecule has 0 spiro atoms. The maximum Gasteiger partial charge on any atom is 0.233 e. The molecule has 1 aromatic heterocycles. The Labute approximate surface area is 160 Å². The Hall–Kier alpha value is -2.54. The molecule has 0 bridgehead atoms. The number of nitrogens with zero attached hydrogens (tertiary/aromatic N) is 2. The van der Waals surface area contributed by atoms with Crippen LogP contribution in [-0.4, -0.2) is 63.1 Å². The number of hydrogen-bond acceptors (Lipinski definition) is 4. The van der Waals surface area contributed by atoms with E-state index in [4.69, 9.17) is 4.42 Å². The highest BCUT2D eigenvalue weighted by atomic mass is 16.3. The SMILES string of the molecule is CN=C(NCCc1cc2ccccc2o1)NC1CCN(CC(=O)NC)CC1. The normalized spacial score (nSPS) is 16.4. The van der Waals surface area contributed by atoms with Gasteiger partial charge in [0.25, 0.3) is 0 Å². The van der Waals surface area contributed by atoms with Gasteiger partial charge in [0.1, 0.15) is 11.3 Å². The third-order valence-corrected chi connectivity index (χ3v) is 4.94. The van der Waals surface area contributed by atoms with Crippen LogP contribution in [-0.2, 0) is 11.2 Å². The number of likely N-dealkylation sites (tertiary alicyclic amines) is 1. The lowest BCUT2D eigenvalue weighted by atomic mass is 10.1. The van der Waals surface area contributed by atoms with Gasteiger partial charge in [0.15, 0.2) is 5.96 Å². The molecule has 1 saturated heterocycles. The van der Waals surface area contributed by atoms with Crippen LogP contribution in [0.1, 0.15) is 18.6 Å². The largest absolute Gasteiger partial charge is 0.461 e. The van der Waals surface area contributed by atoms with Gasteiger partial charge in [-0.1, -0.05) is 18.2 Å². The van der Waals surface area contributed by atoms with E-state index in [1.807, 2.05) is 18.2 Å². The fourth-order valence-corrected chi connectivity index (χ4v) is 3.37. The lowest BCUT2D eigenvalue weighted by Gasteiger charge is -2.32. The summed E-state index contributed by atoms with van der Waals surface area (Å²) in [4.78, 5) is 18.0. The van der Waals surface area contributed by atoms with E-state index in [-0.39, 0.29) is 5.91 Å². The summed E-state index contributed by atoms with van der Waals surface area (Å²) in [7, 11) is 3.47. The van der Waals surface area contributed by atoms with Crippen LogP contribution in [0.3, 0.4) is 0 Å². The number of amides is 1. The molecule has 1 aliphatic rings. The first-order valence-corrected chi connectivity index (χ1v) is 9.55. The number of fused-ring (bicyclic) bond motifs is 1. The van der Waals surface area contributed by atoms with Crippen molar-refractivity contribution in [1.29, 1.82) is 0 Å². The van der Waals surface area contributed by atoms with Gasteiger partial charge in [-0.05, 0) is 25.0 Å². The van der Waals surface area contributed by atoms with Crippen LogP contribution in [0.4, 0.5) is 0 Å². The molecular formula is C20H29N5O2. The van der Waals surface area contributed by atoms with E-state index in [0.29, 0.717) is 12.6 Å². The number of carbonyl (C=O) groups excluding carboxylic acids is 1. The quantitative estimate of drug-likeness (QED) is 0.528. The topological polar surface area (TPSA) is 81.9 Å². The number of benzene rings is 1. The maximum absolute atomic E-state index is 11.5. The van der Waals surface area contributed by atoms with E-state index in [0.717, 1.165) is 61.6 Å². The second kappa shape index (κ2) is 9.41. The molecule has 146 valence electrons. The molecule has 1 aliphatic heterocycles. The second-order valence-electron chi connectivity index (χ2n) is 6.87. The summed E-state index contributed by atoms with van der Waals surface area (Å²) < 4.78 is 5.85. The minimum absolute atomic E-state index is 0.0736. The third kappa shape index (κ3) is 5.47. The highest BCUT2D eigenvalue weighted by Crippen LogP contribution is 2.18. The Morgan fingerprint density at radius 3 is 2.78 bits per heavy atom. The maximum atomic E-state index is 11.5. The lowest BCUT2D eigenvalue weighted by molar-refractivity contribution is -0.122. The van der Waals surface area contributed by atoms with Gasteiger partial charge in [-0.2, -0.15) is 0 Å². The van der Waals surface area contributed by atoms with Gasteiger partial charge in [-0.3, -0.25) is 14.7 Å². The van der Waals surface area contributed by atoms with Gasteiger partial charge in [0.05, 0.1) is 6.54 Å². The van der Waals surface area contributed by atoms with Gasteiger partial charge >= 0.3 is 0 Å². The van der Waals surface area contributed by atoms with E-state index in [9.17, 15) is 4.79 Å². The van der Waals surface area contributed by atoms with Crippen molar-refractivity contribution in [3.05, 3.63) is 36.1 Å². The molecule has 2 heterocycles. The standard InChI is InChI=1S/C20H29N5O2/c1-21-19(26)14-25-11-8-16(9-12-25)24-20(22-2)23-10-7-17-13-15-5-3-4-6-18(15)27-17/h3-6,13,16H,7-12,14H2,1-2H3,(H,21,26)(H2,22,23,24). The first-order chi connectivity index (χ1) is 13.2. The van der Waals surface area contributed by atoms with Gasteiger partial charge in [0, 0.05) is 51.6 Å². The van der Waals surface area contributed by atoms with Crippen molar-refractivity contribution < 1.29 is 9.21 Å². The van der Waals surface area contributed by atoms with Crippen molar-refractivity contribution in [3.8, 4) is 0 Å². The first kappa shape index (κ1) is 19.2. The van der Waals surface area contributed by atoms with Crippen molar-refractivity contribution in [1.82, 2.24) is 20.9 Å². The molecular weight excluding hydrogens is 342 g/mol. The zero-order valence-electron chi connectivity index (χ0n) is 16.1. The van der Waals surface area contributed by atoms with Crippen molar-refractivity contribution in [2.24, 2.45) is 4.99 Å². The molecule has 1 fully saturated rings. The van der Waals surface area contributed by atoms with Crippen molar-refractivity contribution in [2.45, 2.75) is 25.3 Å². The zero-order valence-corrected chi connectivity index (χ0v) is 16.1. The summed E-state index contributed by atoms with van der Waals surface area (Å²) in [6.45, 7) is 3.07. The Kier molecular flexibility index (Phi) is 6.70. The second-order valence-corrected chi connectivity index (χ2v) is 6.87. The number of nitrogens with one attached hydrogen (secondary N) is 3. The number of hydrogen-bond donors (Lipinski definition) is 3. The molecule has 0 unspecified atom stereocenters. The third-order valence-electron chi connectivity index (χ3n) is 4.94. The smallest absolute Gasteiger partial charge is 0.233 e. The molecule has 0 radical (unpaired) electrons. The molecule has 7 heteroatoms. The first-order valence-electron chi connectivity index (χ1n) is 9.55. The van der Waals surface area contributed by atoms with E-state index < -0.39 is 0 Å². The zero-order chi connectivity index (χ0) is 19.1. The molecule has 0 saturated carbocycles. The minimum atomic E-state index is 0.0736. The van der Waals surface area contributed by atoms with Crippen molar-refractivity contribution in [3.63, 3.8) is 0 Å². The molecule has 7 nitrogen and oxygen atoms in total. The fourth-order valence-electron chi connectivity index (χ4n) is 3.37. The predicted octanol–water partition coefficient (Wildman–Crippen LogP) is 1.35. The number of piperidine rings is 1. The van der Waals surface area contributed by atoms with Gasteiger partial charge < -0.3 is 20.4 Å². The Bertz CT molecular complexity index is 745. The molecule has 0 atom stereocenters. The fraction of sp³-hybridized carbons (Fsp3) is 0.500. The highest BCUT2D eigenvalue weighted by molar-refractivity contribution is 5.80. The van der Waals surface area contributed by atoms with E-state index in [1.165, 1.54) is 0 Å². The van der Waals surface area contributed by atoms with Crippen LogP contribution in [0.5, 0.6) is 0 Å². The van der Waals surface area contributed by atoms with Crippen molar-refractivity contribution in [2.75, 3.05) is 40.3 Å². The van der Waals surface area contributed by atoms with Crippen LogP contribution in [0, 0.1) is 0 Å². The van der Waals surface area contributed by atoms with E-state index >= 15 is 0 Å². The van der Waals surface area contributed by atoms with Crippen LogP contribution >= 0.6 is 0 Å². The molecule has 2 aromatic rings. The molecule has 27 heavy (non-hydrogen) atoms. The van der Waals surface area contributed by atoms with E-state index in [1.54, 1.807) is 14.1 Å².